The van der Waals surface area contributed by atoms with Gasteiger partial charge in [0.05, 0.1) is 5.70 Å². The summed E-state index contributed by atoms with van der Waals surface area (Å²) in [6.07, 6.45) is 3.65. The number of carbonyl (C=O) groups excluding carboxylic acids is 2. The second-order valence-electron chi connectivity index (χ2n) is 7.41. The van der Waals surface area contributed by atoms with Crippen LogP contribution in [0.3, 0.4) is 0 Å². The van der Waals surface area contributed by atoms with Gasteiger partial charge in [0.1, 0.15) is 5.57 Å². The molecule has 0 atom stereocenters. The lowest BCUT2D eigenvalue weighted by Gasteiger charge is -2.30. The van der Waals surface area contributed by atoms with Gasteiger partial charge < -0.3 is 15.5 Å². The van der Waals surface area contributed by atoms with Gasteiger partial charge in [0, 0.05) is 18.8 Å². The number of hydrogen-bond acceptors (Lipinski definition) is 4. The summed E-state index contributed by atoms with van der Waals surface area (Å²) in [5, 5.41) is 0. The highest BCUT2D eigenvalue weighted by atomic mass is 16.2. The Balaban J connectivity index is 1.92. The number of piperidine rings is 1. The Morgan fingerprint density at radius 3 is 2.10 bits per heavy atom. The lowest BCUT2D eigenvalue weighted by atomic mass is 10.0. The molecule has 1 aliphatic heterocycles. The van der Waals surface area contributed by atoms with Gasteiger partial charge >= 0.3 is 0 Å². The van der Waals surface area contributed by atoms with E-state index in [1.54, 1.807) is 4.90 Å². The molecule has 0 spiro atoms. The molecule has 0 aliphatic carbocycles. The van der Waals surface area contributed by atoms with Crippen molar-refractivity contribution < 1.29 is 9.59 Å². The predicted molar refractivity (Wildman–Crippen MR) is 117 cm³/mol. The Bertz CT molecular complexity index is 856. The molecule has 2 aromatic carbocycles. The number of amides is 1. The number of ketones is 1. The molecule has 0 radical (unpaired) electrons. The molecule has 0 unspecified atom stereocenters. The maximum absolute atomic E-state index is 13.5. The fourth-order valence-electron chi connectivity index (χ4n) is 3.73. The van der Waals surface area contributed by atoms with Crippen molar-refractivity contribution in [3.63, 3.8) is 0 Å². The second kappa shape index (κ2) is 10.0. The van der Waals surface area contributed by atoms with Crippen LogP contribution >= 0.6 is 0 Å². The molecule has 5 heteroatoms. The molecule has 1 amide bonds. The first-order chi connectivity index (χ1) is 14.1. The molecule has 1 aliphatic rings. The third-order valence-corrected chi connectivity index (χ3v) is 5.32. The molecule has 0 bridgehead atoms. The van der Waals surface area contributed by atoms with E-state index in [0.29, 0.717) is 12.1 Å². The van der Waals surface area contributed by atoms with Crippen molar-refractivity contribution in [2.24, 2.45) is 5.73 Å². The molecule has 2 aromatic rings. The molecule has 5 nitrogen and oxygen atoms in total. The number of carbonyl (C=O) groups is 2. The highest BCUT2D eigenvalue weighted by Crippen LogP contribution is 2.21. The van der Waals surface area contributed by atoms with Gasteiger partial charge in [0.15, 0.2) is 5.78 Å². The van der Waals surface area contributed by atoms with Gasteiger partial charge in [0.2, 0.25) is 0 Å². The van der Waals surface area contributed by atoms with Gasteiger partial charge in [-0.1, -0.05) is 55.0 Å². The fraction of sp³-hybridized carbons (Fsp3) is 0.333. The molecule has 3 rings (SSSR count). The summed E-state index contributed by atoms with van der Waals surface area (Å²) >= 11 is 0. The smallest absolute Gasteiger partial charge is 0.264 e. The Labute approximate surface area is 172 Å². The maximum atomic E-state index is 13.5. The van der Waals surface area contributed by atoms with Gasteiger partial charge in [-0.2, -0.15) is 0 Å². The van der Waals surface area contributed by atoms with E-state index in [2.05, 4.69) is 4.90 Å². The van der Waals surface area contributed by atoms with Crippen molar-refractivity contribution in [1.29, 1.82) is 0 Å². The molecule has 152 valence electrons. The topological polar surface area (TPSA) is 66.6 Å². The number of nitrogens with two attached hydrogens (primary N) is 1. The van der Waals surface area contributed by atoms with Crippen molar-refractivity contribution in [2.75, 3.05) is 31.1 Å². The highest BCUT2D eigenvalue weighted by molar-refractivity contribution is 6.27. The number of nitrogens with zero attached hydrogens (tertiary/aromatic N) is 2. The van der Waals surface area contributed by atoms with E-state index in [1.165, 1.54) is 26.2 Å². The molecule has 0 aromatic heterocycles. The zero-order valence-electron chi connectivity index (χ0n) is 17.0. The van der Waals surface area contributed by atoms with Crippen LogP contribution in [-0.4, -0.2) is 42.8 Å². The fourth-order valence-corrected chi connectivity index (χ4v) is 3.73. The number of benzene rings is 2. The molecule has 1 heterocycles. The molecular weight excluding hydrogens is 362 g/mol. The van der Waals surface area contributed by atoms with E-state index in [1.807, 2.05) is 60.7 Å². The van der Waals surface area contributed by atoms with Crippen LogP contribution in [0, 0.1) is 0 Å². The van der Waals surface area contributed by atoms with Crippen molar-refractivity contribution in [2.45, 2.75) is 26.2 Å². The SMILES string of the molecule is CC(=O)C(C(=O)N(CCN1CCCCC1)c1ccccc1)=C(N)c1ccccc1. The highest BCUT2D eigenvalue weighted by Gasteiger charge is 2.26. The van der Waals surface area contributed by atoms with Crippen LogP contribution < -0.4 is 10.6 Å². The first-order valence-corrected chi connectivity index (χ1v) is 10.2. The van der Waals surface area contributed by atoms with Crippen molar-refractivity contribution in [3.8, 4) is 0 Å². The van der Waals surface area contributed by atoms with Gasteiger partial charge in [-0.05, 0) is 50.6 Å². The standard InChI is InChI=1S/C24H29N3O2/c1-19(28)22(23(25)20-11-5-2-6-12-20)24(29)27(21-13-7-3-8-14-21)18-17-26-15-9-4-10-16-26/h2-3,5-8,11-14H,4,9-10,15-18,25H2,1H3. The summed E-state index contributed by atoms with van der Waals surface area (Å²) in [4.78, 5) is 30.0. The van der Waals surface area contributed by atoms with E-state index in [9.17, 15) is 9.59 Å². The number of para-hydroxylation sites is 1. The first-order valence-electron chi connectivity index (χ1n) is 10.2. The maximum Gasteiger partial charge on any atom is 0.264 e. The number of Topliss-reactive ketones (excluding diaryl/α,β-unsaturated/α-hetero) is 1. The number of hydrogen-bond donors (Lipinski definition) is 1. The normalized spacial score (nSPS) is 15.5. The molecular formula is C24H29N3O2. The molecule has 0 saturated carbocycles. The van der Waals surface area contributed by atoms with Gasteiger partial charge in [-0.25, -0.2) is 0 Å². The van der Waals surface area contributed by atoms with Gasteiger partial charge in [-0.15, -0.1) is 0 Å². The number of anilines is 1. The molecule has 29 heavy (non-hydrogen) atoms. The van der Waals surface area contributed by atoms with Crippen molar-refractivity contribution in [3.05, 3.63) is 71.8 Å². The number of rotatable bonds is 7. The first kappa shape index (κ1) is 20.8. The monoisotopic (exact) mass is 391 g/mol. The van der Waals surface area contributed by atoms with Crippen molar-refractivity contribution >= 4 is 23.1 Å². The van der Waals surface area contributed by atoms with E-state index in [4.69, 9.17) is 5.73 Å². The van der Waals surface area contributed by atoms with E-state index in [-0.39, 0.29) is 23.0 Å². The van der Waals surface area contributed by atoms with Crippen LogP contribution in [0.15, 0.2) is 66.2 Å². The lowest BCUT2D eigenvalue weighted by molar-refractivity contribution is -0.120. The number of likely N-dealkylation sites (tertiary alicyclic amines) is 1. The van der Waals surface area contributed by atoms with Gasteiger partial charge in [0.25, 0.3) is 5.91 Å². The van der Waals surface area contributed by atoms with Crippen LogP contribution in [0.4, 0.5) is 5.69 Å². The second-order valence-corrected chi connectivity index (χ2v) is 7.41. The van der Waals surface area contributed by atoms with Crippen LogP contribution in [0.1, 0.15) is 31.7 Å². The molecule has 2 N–H and O–H groups in total. The van der Waals surface area contributed by atoms with E-state index in [0.717, 1.165) is 25.3 Å². The van der Waals surface area contributed by atoms with Crippen molar-refractivity contribution in [1.82, 2.24) is 4.90 Å². The summed E-state index contributed by atoms with van der Waals surface area (Å²) in [5.74, 6) is -0.669. The average Bonchev–Trinajstić information content (AvgIpc) is 2.76. The molecule has 1 saturated heterocycles. The Kier molecular flexibility index (Phi) is 7.19. The Hall–Kier alpha value is -2.92. The summed E-state index contributed by atoms with van der Waals surface area (Å²) in [6, 6.07) is 18.7. The van der Waals surface area contributed by atoms with Crippen LogP contribution in [0.25, 0.3) is 5.70 Å². The van der Waals surface area contributed by atoms with E-state index < -0.39 is 0 Å². The van der Waals surface area contributed by atoms with Crippen LogP contribution in [0.2, 0.25) is 0 Å². The summed E-state index contributed by atoms with van der Waals surface area (Å²) in [5.41, 5.74) is 8.01. The molecule has 1 fully saturated rings. The summed E-state index contributed by atoms with van der Waals surface area (Å²) in [7, 11) is 0. The third kappa shape index (κ3) is 5.33. The minimum Gasteiger partial charge on any atom is -0.397 e. The minimum absolute atomic E-state index is 0.0405. The minimum atomic E-state index is -0.345. The zero-order valence-corrected chi connectivity index (χ0v) is 17.0. The van der Waals surface area contributed by atoms with Crippen LogP contribution in [-0.2, 0) is 9.59 Å². The van der Waals surface area contributed by atoms with Gasteiger partial charge in [-0.3, -0.25) is 9.59 Å². The average molecular weight is 392 g/mol. The third-order valence-electron chi connectivity index (χ3n) is 5.32. The lowest BCUT2D eigenvalue weighted by Crippen LogP contribution is -2.42. The Morgan fingerprint density at radius 1 is 0.931 bits per heavy atom. The summed E-state index contributed by atoms with van der Waals surface area (Å²) in [6.45, 7) is 4.80. The quantitative estimate of drug-likeness (QED) is 0.446. The summed E-state index contributed by atoms with van der Waals surface area (Å²) < 4.78 is 0. The predicted octanol–water partition coefficient (Wildman–Crippen LogP) is 3.46. The van der Waals surface area contributed by atoms with E-state index >= 15 is 0 Å². The largest absolute Gasteiger partial charge is 0.397 e. The zero-order chi connectivity index (χ0) is 20.6. The van der Waals surface area contributed by atoms with Crippen LogP contribution in [0.5, 0.6) is 0 Å². The Morgan fingerprint density at radius 2 is 1.52 bits per heavy atom.